The standard InChI is InChI=1S/C25H20BrClN2O4/c1-2-33-20-10-7-17(12-19(20)27)23(30)21-22(16-5-8-18(26)9-6-16)29(25(32)24(21)31)14-15-4-3-11-28-13-15/h3-13,22,30H,2,14H2,1H3. The van der Waals surface area contributed by atoms with Crippen LogP contribution in [0.25, 0.3) is 5.76 Å². The van der Waals surface area contributed by atoms with Crippen LogP contribution in [0, 0.1) is 0 Å². The molecule has 3 aromatic rings. The molecule has 2 heterocycles. The van der Waals surface area contributed by atoms with E-state index in [9.17, 15) is 14.7 Å². The molecule has 1 N–H and O–H groups in total. The van der Waals surface area contributed by atoms with Crippen molar-refractivity contribution < 1.29 is 19.4 Å². The van der Waals surface area contributed by atoms with E-state index in [1.807, 2.05) is 37.3 Å². The first-order valence-electron chi connectivity index (χ1n) is 10.3. The number of nitrogens with zero attached hydrogens (tertiary/aromatic N) is 2. The summed E-state index contributed by atoms with van der Waals surface area (Å²) in [5.74, 6) is -1.27. The number of halogens is 2. The van der Waals surface area contributed by atoms with Crippen molar-refractivity contribution in [2.75, 3.05) is 6.61 Å². The molecule has 1 aromatic heterocycles. The quantitative estimate of drug-likeness (QED) is 0.259. The Kier molecular flexibility index (Phi) is 6.81. The largest absolute Gasteiger partial charge is 0.507 e. The highest BCUT2D eigenvalue weighted by atomic mass is 79.9. The molecule has 1 aliphatic rings. The molecule has 0 saturated carbocycles. The van der Waals surface area contributed by atoms with Gasteiger partial charge >= 0.3 is 0 Å². The molecule has 0 radical (unpaired) electrons. The van der Waals surface area contributed by atoms with Crippen molar-refractivity contribution >= 4 is 45.0 Å². The lowest BCUT2D eigenvalue weighted by Gasteiger charge is -2.25. The van der Waals surface area contributed by atoms with Crippen LogP contribution in [0.15, 0.2) is 77.0 Å². The van der Waals surface area contributed by atoms with Gasteiger partial charge in [0.05, 0.1) is 23.2 Å². The van der Waals surface area contributed by atoms with Crippen LogP contribution in [0.5, 0.6) is 5.75 Å². The first-order valence-corrected chi connectivity index (χ1v) is 11.4. The fourth-order valence-corrected chi connectivity index (χ4v) is 4.30. The topological polar surface area (TPSA) is 79.7 Å². The number of rotatable bonds is 6. The maximum absolute atomic E-state index is 13.1. The van der Waals surface area contributed by atoms with Gasteiger partial charge in [0, 0.05) is 29.0 Å². The SMILES string of the molecule is CCOc1ccc(C(O)=C2C(=O)C(=O)N(Cc3cccnc3)C2c2ccc(Br)cc2)cc1Cl. The zero-order valence-corrected chi connectivity index (χ0v) is 20.0. The van der Waals surface area contributed by atoms with E-state index in [-0.39, 0.29) is 17.9 Å². The summed E-state index contributed by atoms with van der Waals surface area (Å²) in [6.45, 7) is 2.44. The van der Waals surface area contributed by atoms with Crippen LogP contribution in [-0.2, 0) is 16.1 Å². The molecule has 1 amide bonds. The number of benzene rings is 2. The molecule has 1 saturated heterocycles. The fraction of sp³-hybridized carbons (Fsp3) is 0.160. The van der Waals surface area contributed by atoms with E-state index in [4.69, 9.17) is 16.3 Å². The number of carbonyl (C=O) groups excluding carboxylic acids is 2. The number of Topliss-reactive ketones (excluding diaryl/α,β-unsaturated/α-hetero) is 1. The summed E-state index contributed by atoms with van der Waals surface area (Å²) in [6, 6.07) is 14.9. The van der Waals surface area contributed by atoms with Crippen molar-refractivity contribution in [3.63, 3.8) is 0 Å². The second-order valence-electron chi connectivity index (χ2n) is 7.42. The number of hydrogen-bond donors (Lipinski definition) is 1. The summed E-state index contributed by atoms with van der Waals surface area (Å²) in [5, 5.41) is 11.5. The number of aromatic nitrogens is 1. The number of amides is 1. The molecule has 1 unspecified atom stereocenters. The van der Waals surface area contributed by atoms with Crippen molar-refractivity contribution in [2.45, 2.75) is 19.5 Å². The van der Waals surface area contributed by atoms with Gasteiger partial charge in [-0.05, 0) is 54.4 Å². The minimum absolute atomic E-state index is 0.00596. The molecule has 168 valence electrons. The Hall–Kier alpha value is -3.16. The van der Waals surface area contributed by atoms with Crippen molar-refractivity contribution in [3.05, 3.63) is 98.7 Å². The average molecular weight is 528 g/mol. The molecule has 0 spiro atoms. The van der Waals surface area contributed by atoms with Gasteiger partial charge in [0.1, 0.15) is 11.5 Å². The van der Waals surface area contributed by atoms with Gasteiger partial charge in [0.2, 0.25) is 0 Å². The number of carbonyl (C=O) groups is 2. The number of ketones is 1. The molecule has 6 nitrogen and oxygen atoms in total. The molecule has 0 aliphatic carbocycles. The van der Waals surface area contributed by atoms with Crippen molar-refractivity contribution in [3.8, 4) is 5.75 Å². The van der Waals surface area contributed by atoms with Crippen molar-refractivity contribution in [1.82, 2.24) is 9.88 Å². The Balaban J connectivity index is 1.84. The maximum atomic E-state index is 13.1. The monoisotopic (exact) mass is 526 g/mol. The van der Waals surface area contributed by atoms with Gasteiger partial charge in [-0.1, -0.05) is 45.7 Å². The third kappa shape index (κ3) is 4.65. The minimum Gasteiger partial charge on any atom is -0.507 e. The highest BCUT2D eigenvalue weighted by molar-refractivity contribution is 9.10. The number of hydrogen-bond acceptors (Lipinski definition) is 5. The van der Waals surface area contributed by atoms with Crippen LogP contribution in [0.3, 0.4) is 0 Å². The van der Waals surface area contributed by atoms with Crippen molar-refractivity contribution in [1.29, 1.82) is 0 Å². The molecule has 1 fully saturated rings. The van der Waals surface area contributed by atoms with Gasteiger partial charge in [-0.15, -0.1) is 0 Å². The Morgan fingerprint density at radius 1 is 1.18 bits per heavy atom. The summed E-state index contributed by atoms with van der Waals surface area (Å²) in [7, 11) is 0. The van der Waals surface area contributed by atoms with Gasteiger partial charge in [0.25, 0.3) is 11.7 Å². The zero-order valence-electron chi connectivity index (χ0n) is 17.7. The summed E-state index contributed by atoms with van der Waals surface area (Å²) < 4.78 is 6.31. The molecule has 33 heavy (non-hydrogen) atoms. The Labute approximate surface area is 204 Å². The molecule has 2 aromatic carbocycles. The molecule has 1 aliphatic heterocycles. The first kappa shape index (κ1) is 23.0. The normalized spacial score (nSPS) is 17.4. The van der Waals surface area contributed by atoms with E-state index in [2.05, 4.69) is 20.9 Å². The molecule has 8 heteroatoms. The van der Waals surface area contributed by atoms with Gasteiger partial charge in [-0.25, -0.2) is 0 Å². The molecular formula is C25H20BrClN2O4. The van der Waals surface area contributed by atoms with Gasteiger partial charge in [-0.3, -0.25) is 14.6 Å². The van der Waals surface area contributed by atoms with E-state index in [0.717, 1.165) is 10.0 Å². The Bertz CT molecular complexity index is 1230. The number of aliphatic hydroxyl groups is 1. The van der Waals surface area contributed by atoms with Crippen LogP contribution < -0.4 is 4.74 Å². The zero-order chi connectivity index (χ0) is 23.5. The highest BCUT2D eigenvalue weighted by Crippen LogP contribution is 2.41. The minimum atomic E-state index is -0.774. The third-order valence-electron chi connectivity index (χ3n) is 5.31. The number of aliphatic hydroxyl groups excluding tert-OH is 1. The third-order valence-corrected chi connectivity index (χ3v) is 6.13. The Morgan fingerprint density at radius 3 is 2.58 bits per heavy atom. The number of likely N-dealkylation sites (tertiary alicyclic amines) is 1. The predicted octanol–water partition coefficient (Wildman–Crippen LogP) is 5.52. The second kappa shape index (κ2) is 9.77. The smallest absolute Gasteiger partial charge is 0.295 e. The van der Waals surface area contributed by atoms with Gasteiger partial charge < -0.3 is 14.7 Å². The summed E-state index contributed by atoms with van der Waals surface area (Å²) in [6.07, 6.45) is 3.28. The van der Waals surface area contributed by atoms with Crippen LogP contribution in [0.2, 0.25) is 5.02 Å². The van der Waals surface area contributed by atoms with Crippen LogP contribution in [0.4, 0.5) is 0 Å². The first-order chi connectivity index (χ1) is 15.9. The van der Waals surface area contributed by atoms with E-state index in [1.165, 1.54) is 11.0 Å². The predicted molar refractivity (Wildman–Crippen MR) is 129 cm³/mol. The summed E-state index contributed by atoms with van der Waals surface area (Å²) in [4.78, 5) is 31.7. The lowest BCUT2D eigenvalue weighted by molar-refractivity contribution is -0.140. The molecule has 1 atom stereocenters. The molecule has 4 rings (SSSR count). The van der Waals surface area contributed by atoms with Gasteiger partial charge in [-0.2, -0.15) is 0 Å². The number of pyridine rings is 1. The van der Waals surface area contributed by atoms with Gasteiger partial charge in [0.15, 0.2) is 0 Å². The fourth-order valence-electron chi connectivity index (χ4n) is 3.80. The molecular weight excluding hydrogens is 508 g/mol. The highest BCUT2D eigenvalue weighted by Gasteiger charge is 2.46. The lowest BCUT2D eigenvalue weighted by atomic mass is 9.95. The molecule has 0 bridgehead atoms. The van der Waals surface area contributed by atoms with Crippen LogP contribution in [-0.4, -0.2) is 33.3 Å². The van der Waals surface area contributed by atoms with Crippen LogP contribution >= 0.6 is 27.5 Å². The summed E-state index contributed by atoms with van der Waals surface area (Å²) >= 11 is 9.71. The Morgan fingerprint density at radius 2 is 1.94 bits per heavy atom. The van der Waals surface area contributed by atoms with Crippen LogP contribution in [0.1, 0.15) is 29.7 Å². The lowest BCUT2D eigenvalue weighted by Crippen LogP contribution is -2.29. The average Bonchev–Trinajstić information content (AvgIpc) is 3.06. The van der Waals surface area contributed by atoms with E-state index in [1.54, 1.807) is 30.6 Å². The van der Waals surface area contributed by atoms with E-state index in [0.29, 0.717) is 28.5 Å². The number of ether oxygens (including phenoxy) is 1. The van der Waals surface area contributed by atoms with E-state index < -0.39 is 17.7 Å². The maximum Gasteiger partial charge on any atom is 0.295 e. The summed E-state index contributed by atoms with van der Waals surface area (Å²) in [5.41, 5.74) is 1.79. The second-order valence-corrected chi connectivity index (χ2v) is 8.74. The van der Waals surface area contributed by atoms with Crippen molar-refractivity contribution in [2.24, 2.45) is 0 Å². The van der Waals surface area contributed by atoms with E-state index >= 15 is 0 Å².